The Morgan fingerprint density at radius 3 is 2.05 bits per heavy atom. The molecule has 1 rings (SSSR count). The van der Waals surface area contributed by atoms with Crippen LogP contribution in [0.15, 0.2) is 0 Å². The lowest BCUT2D eigenvalue weighted by Crippen LogP contribution is -2.48. The highest BCUT2D eigenvalue weighted by atomic mass is 14.6. The van der Waals surface area contributed by atoms with Gasteiger partial charge in [-0.2, -0.15) is 0 Å². The fraction of sp³-hybridized carbons (Fsp3) is 1.00. The summed E-state index contributed by atoms with van der Waals surface area (Å²) < 4.78 is 0. The third-order valence-corrected chi connectivity index (χ3v) is 7.01. The Kier molecular flexibility index (Phi) is 7.09. The van der Waals surface area contributed by atoms with E-state index in [1.807, 2.05) is 0 Å². The summed E-state index contributed by atoms with van der Waals surface area (Å²) in [5, 5.41) is 0. The highest BCUT2D eigenvalue weighted by Gasteiger charge is 2.50. The van der Waals surface area contributed by atoms with Crippen molar-refractivity contribution in [3.05, 3.63) is 0 Å². The molecule has 120 valence electrons. The first-order valence-corrected chi connectivity index (χ1v) is 9.42. The lowest BCUT2D eigenvalue weighted by molar-refractivity contribution is -0.0727. The molecule has 0 radical (unpaired) electrons. The lowest BCUT2D eigenvalue weighted by Gasteiger charge is -2.57. The topological polar surface area (TPSA) is 0 Å². The molecule has 0 N–H and O–H groups in total. The van der Waals surface area contributed by atoms with Gasteiger partial charge in [0.15, 0.2) is 0 Å². The molecule has 0 amide bonds. The van der Waals surface area contributed by atoms with E-state index >= 15 is 0 Å². The van der Waals surface area contributed by atoms with Crippen LogP contribution in [-0.2, 0) is 0 Å². The van der Waals surface area contributed by atoms with Crippen molar-refractivity contribution in [3.8, 4) is 0 Å². The summed E-state index contributed by atoms with van der Waals surface area (Å²) in [5.41, 5.74) is 0.682. The summed E-state index contributed by atoms with van der Waals surface area (Å²) in [5.74, 6) is 4.58. The van der Waals surface area contributed by atoms with Gasteiger partial charge < -0.3 is 0 Å². The van der Waals surface area contributed by atoms with E-state index in [0.717, 1.165) is 29.6 Å². The van der Waals surface area contributed by atoms with Crippen LogP contribution in [0.2, 0.25) is 0 Å². The molecule has 0 bridgehead atoms. The van der Waals surface area contributed by atoms with Crippen LogP contribution in [0.1, 0.15) is 93.4 Å². The Hall–Kier alpha value is 0. The van der Waals surface area contributed by atoms with Gasteiger partial charge in [0.1, 0.15) is 0 Å². The molecule has 1 fully saturated rings. The van der Waals surface area contributed by atoms with Gasteiger partial charge >= 0.3 is 0 Å². The Morgan fingerprint density at radius 2 is 1.70 bits per heavy atom. The van der Waals surface area contributed by atoms with Gasteiger partial charge in [0, 0.05) is 0 Å². The van der Waals surface area contributed by atoms with E-state index in [9.17, 15) is 0 Å². The molecule has 0 aromatic heterocycles. The van der Waals surface area contributed by atoms with Crippen LogP contribution in [0.4, 0.5) is 0 Å². The van der Waals surface area contributed by atoms with Crippen LogP contribution in [-0.4, -0.2) is 0 Å². The van der Waals surface area contributed by atoms with Gasteiger partial charge in [-0.25, -0.2) is 0 Å². The molecule has 20 heavy (non-hydrogen) atoms. The zero-order valence-corrected chi connectivity index (χ0v) is 15.3. The van der Waals surface area contributed by atoms with Gasteiger partial charge in [0.2, 0.25) is 0 Å². The fourth-order valence-corrected chi connectivity index (χ4v) is 4.72. The van der Waals surface area contributed by atoms with Crippen LogP contribution in [0, 0.1) is 35.0 Å². The van der Waals surface area contributed by atoms with E-state index in [1.165, 1.54) is 44.9 Å². The molecule has 0 aromatic rings. The Morgan fingerprint density at radius 1 is 1.05 bits per heavy atom. The largest absolute Gasteiger partial charge is 0.0654 e. The van der Waals surface area contributed by atoms with Gasteiger partial charge in [0.25, 0.3) is 0 Å². The van der Waals surface area contributed by atoms with Gasteiger partial charge in [0.05, 0.1) is 0 Å². The molecular formula is C20H40. The SMILES string of the molecule is CCCC1(C(CC(C)CC)C(C)C(C)CC)CCC1C. The summed E-state index contributed by atoms with van der Waals surface area (Å²) in [4.78, 5) is 0. The predicted molar refractivity (Wildman–Crippen MR) is 91.9 cm³/mol. The Bertz CT molecular complexity index is 269. The molecule has 0 heterocycles. The van der Waals surface area contributed by atoms with Crippen LogP contribution in [0.25, 0.3) is 0 Å². The van der Waals surface area contributed by atoms with Gasteiger partial charge in [-0.15, -0.1) is 0 Å². The van der Waals surface area contributed by atoms with E-state index in [2.05, 4.69) is 48.5 Å². The second kappa shape index (κ2) is 7.85. The quantitative estimate of drug-likeness (QED) is 0.429. The average molecular weight is 281 g/mol. The van der Waals surface area contributed by atoms with Crippen molar-refractivity contribution >= 4 is 0 Å². The summed E-state index contributed by atoms with van der Waals surface area (Å²) in [6.07, 6.45) is 9.97. The second-order valence-corrected chi connectivity index (χ2v) is 8.02. The molecule has 0 aliphatic heterocycles. The summed E-state index contributed by atoms with van der Waals surface area (Å²) in [6.45, 7) is 17.2. The third-order valence-electron chi connectivity index (χ3n) is 7.01. The van der Waals surface area contributed by atoms with E-state index < -0.39 is 0 Å². The van der Waals surface area contributed by atoms with Crippen molar-refractivity contribution in [3.63, 3.8) is 0 Å². The highest BCUT2D eigenvalue weighted by molar-refractivity contribution is 5.00. The van der Waals surface area contributed by atoms with Gasteiger partial charge in [-0.1, -0.05) is 67.7 Å². The smallest absolute Gasteiger partial charge is 0.0241 e. The second-order valence-electron chi connectivity index (χ2n) is 8.02. The zero-order chi connectivity index (χ0) is 15.3. The minimum atomic E-state index is 0.682. The highest BCUT2D eigenvalue weighted by Crippen LogP contribution is 2.59. The van der Waals surface area contributed by atoms with Crippen molar-refractivity contribution in [2.24, 2.45) is 35.0 Å². The first-order valence-electron chi connectivity index (χ1n) is 9.42. The molecule has 0 spiro atoms. The zero-order valence-electron chi connectivity index (χ0n) is 15.3. The number of hydrogen-bond donors (Lipinski definition) is 0. The first kappa shape index (κ1) is 18.1. The third kappa shape index (κ3) is 3.60. The van der Waals surface area contributed by atoms with E-state index in [1.54, 1.807) is 0 Å². The van der Waals surface area contributed by atoms with Crippen molar-refractivity contribution < 1.29 is 0 Å². The first-order chi connectivity index (χ1) is 9.42. The molecule has 0 nitrogen and oxygen atoms in total. The van der Waals surface area contributed by atoms with Crippen molar-refractivity contribution in [1.29, 1.82) is 0 Å². The standard InChI is InChI=1S/C20H40/c1-8-12-20(13-11-17(20)6)19(14-15(4)9-2)18(7)16(5)10-3/h15-19H,8-14H2,1-7H3. The molecule has 6 unspecified atom stereocenters. The molecule has 0 aromatic carbocycles. The molecule has 1 saturated carbocycles. The summed E-state index contributed by atoms with van der Waals surface area (Å²) in [6, 6.07) is 0. The fourth-order valence-electron chi connectivity index (χ4n) is 4.72. The van der Waals surface area contributed by atoms with Crippen molar-refractivity contribution in [2.75, 3.05) is 0 Å². The van der Waals surface area contributed by atoms with Crippen LogP contribution in [0.5, 0.6) is 0 Å². The average Bonchev–Trinajstić information content (AvgIpc) is 2.46. The molecular weight excluding hydrogens is 240 g/mol. The van der Waals surface area contributed by atoms with E-state index in [-0.39, 0.29) is 0 Å². The van der Waals surface area contributed by atoms with Gasteiger partial charge in [-0.05, 0) is 60.7 Å². The number of rotatable bonds is 9. The maximum atomic E-state index is 2.56. The van der Waals surface area contributed by atoms with E-state index in [4.69, 9.17) is 0 Å². The van der Waals surface area contributed by atoms with Crippen LogP contribution in [0.3, 0.4) is 0 Å². The monoisotopic (exact) mass is 280 g/mol. The van der Waals surface area contributed by atoms with E-state index in [0.29, 0.717) is 5.41 Å². The normalized spacial score (nSPS) is 32.2. The number of hydrogen-bond acceptors (Lipinski definition) is 0. The molecule has 0 saturated heterocycles. The summed E-state index contributed by atoms with van der Waals surface area (Å²) >= 11 is 0. The van der Waals surface area contributed by atoms with Crippen LogP contribution < -0.4 is 0 Å². The molecule has 1 aliphatic carbocycles. The minimum absolute atomic E-state index is 0.682. The molecule has 1 aliphatic rings. The molecule has 0 heteroatoms. The maximum absolute atomic E-state index is 2.56. The summed E-state index contributed by atoms with van der Waals surface area (Å²) in [7, 11) is 0. The van der Waals surface area contributed by atoms with Gasteiger partial charge in [-0.3, -0.25) is 0 Å². The van der Waals surface area contributed by atoms with Crippen molar-refractivity contribution in [2.45, 2.75) is 93.4 Å². The predicted octanol–water partition coefficient (Wildman–Crippen LogP) is 6.94. The lowest BCUT2D eigenvalue weighted by atomic mass is 9.48. The van der Waals surface area contributed by atoms with Crippen molar-refractivity contribution in [1.82, 2.24) is 0 Å². The Labute approximate surface area is 129 Å². The molecule has 6 atom stereocenters. The Balaban J connectivity index is 2.95. The maximum Gasteiger partial charge on any atom is -0.0241 e. The van der Waals surface area contributed by atoms with Crippen LogP contribution >= 0.6 is 0 Å². The minimum Gasteiger partial charge on any atom is -0.0654 e.